The molecular formula is C13H20N2OS. The average molecular weight is 252 g/mol. The van der Waals surface area contributed by atoms with Crippen molar-refractivity contribution in [2.45, 2.75) is 0 Å². The molecule has 0 unspecified atom stereocenters. The second kappa shape index (κ2) is 6.89. The zero-order chi connectivity index (χ0) is 11.9. The van der Waals surface area contributed by atoms with Gasteiger partial charge < -0.3 is 4.74 Å². The molecule has 0 bridgehead atoms. The van der Waals surface area contributed by atoms with Gasteiger partial charge in [-0.2, -0.15) is 0 Å². The summed E-state index contributed by atoms with van der Waals surface area (Å²) in [6.45, 7) is 6.43. The van der Waals surface area contributed by atoms with E-state index in [9.17, 15) is 0 Å². The predicted octanol–water partition coefficient (Wildman–Crippen LogP) is 1.96. The largest absolute Gasteiger partial charge is 0.492 e. The normalized spacial score (nSPS) is 18.2. The fourth-order valence-corrected chi connectivity index (χ4v) is 2.47. The summed E-state index contributed by atoms with van der Waals surface area (Å²) in [5, 5.41) is 0. The van der Waals surface area contributed by atoms with E-state index in [1.165, 1.54) is 0 Å². The molecule has 1 aliphatic heterocycles. The fraction of sp³-hybridized carbons (Fsp3) is 0.538. The van der Waals surface area contributed by atoms with Crippen LogP contribution in [0.1, 0.15) is 0 Å². The topological polar surface area (TPSA) is 15.7 Å². The Bertz CT molecular complexity index is 312. The minimum absolute atomic E-state index is 0.781. The van der Waals surface area contributed by atoms with Gasteiger partial charge in [-0.1, -0.05) is 30.1 Å². The third-order valence-electron chi connectivity index (χ3n) is 3.01. The van der Waals surface area contributed by atoms with Gasteiger partial charge in [-0.3, -0.25) is 4.90 Å². The van der Waals surface area contributed by atoms with Gasteiger partial charge in [0.25, 0.3) is 0 Å². The van der Waals surface area contributed by atoms with E-state index in [2.05, 4.69) is 15.5 Å². The summed E-state index contributed by atoms with van der Waals surface area (Å²) in [6, 6.07) is 10.0. The molecule has 0 amide bonds. The number of hydrogen-bond donors (Lipinski definition) is 0. The highest BCUT2D eigenvalue weighted by atomic mass is 32.2. The Morgan fingerprint density at radius 1 is 1.12 bits per heavy atom. The molecule has 1 heterocycles. The molecule has 1 saturated heterocycles. The maximum absolute atomic E-state index is 5.70. The Balaban J connectivity index is 1.63. The Hall–Kier alpha value is -0.710. The Labute approximate surface area is 108 Å². The summed E-state index contributed by atoms with van der Waals surface area (Å²) >= 11 is 1.84. The van der Waals surface area contributed by atoms with Crippen LogP contribution in [-0.2, 0) is 0 Å². The number of benzene rings is 1. The molecule has 1 fully saturated rings. The van der Waals surface area contributed by atoms with Crippen molar-refractivity contribution in [3.05, 3.63) is 30.3 Å². The van der Waals surface area contributed by atoms with Crippen molar-refractivity contribution in [3.8, 4) is 5.75 Å². The fourth-order valence-electron chi connectivity index (χ4n) is 1.95. The summed E-state index contributed by atoms with van der Waals surface area (Å²) < 4.78 is 8.11. The van der Waals surface area contributed by atoms with Crippen LogP contribution in [0, 0.1) is 0 Å². The highest BCUT2D eigenvalue weighted by Crippen LogP contribution is 2.11. The van der Waals surface area contributed by atoms with Gasteiger partial charge in [0, 0.05) is 32.7 Å². The van der Waals surface area contributed by atoms with Crippen LogP contribution in [-0.4, -0.2) is 54.8 Å². The lowest BCUT2D eigenvalue weighted by Gasteiger charge is -2.32. The molecule has 4 heteroatoms. The lowest BCUT2D eigenvalue weighted by molar-refractivity contribution is 0.164. The van der Waals surface area contributed by atoms with Crippen LogP contribution in [0.3, 0.4) is 0 Å². The second-order valence-corrected chi connectivity index (χ2v) is 5.00. The summed E-state index contributed by atoms with van der Waals surface area (Å²) in [4.78, 5) is 2.47. The summed E-state index contributed by atoms with van der Waals surface area (Å²) in [5.74, 6) is 0.968. The van der Waals surface area contributed by atoms with Crippen molar-refractivity contribution in [1.82, 2.24) is 9.21 Å². The zero-order valence-corrected chi connectivity index (χ0v) is 11.2. The number of rotatable bonds is 5. The van der Waals surface area contributed by atoms with Crippen LogP contribution >= 0.6 is 11.9 Å². The van der Waals surface area contributed by atoms with Gasteiger partial charge in [-0.15, -0.1) is 0 Å². The van der Waals surface area contributed by atoms with Gasteiger partial charge in [-0.05, 0) is 18.4 Å². The van der Waals surface area contributed by atoms with E-state index in [4.69, 9.17) is 4.74 Å². The maximum Gasteiger partial charge on any atom is 0.119 e. The van der Waals surface area contributed by atoms with E-state index < -0.39 is 0 Å². The molecule has 0 N–H and O–H groups in total. The van der Waals surface area contributed by atoms with Gasteiger partial charge in [0.15, 0.2) is 0 Å². The molecular weight excluding hydrogens is 232 g/mol. The molecule has 2 rings (SSSR count). The quantitative estimate of drug-likeness (QED) is 0.744. The number of nitrogens with zero attached hydrogens (tertiary/aromatic N) is 2. The number of hydrogen-bond acceptors (Lipinski definition) is 4. The molecule has 0 saturated carbocycles. The first-order valence-electron chi connectivity index (χ1n) is 6.08. The van der Waals surface area contributed by atoms with Gasteiger partial charge in [0.2, 0.25) is 0 Å². The third-order valence-corrected chi connectivity index (χ3v) is 3.89. The lowest BCUT2D eigenvalue weighted by atomic mass is 10.3. The van der Waals surface area contributed by atoms with E-state index in [0.717, 1.165) is 45.1 Å². The Morgan fingerprint density at radius 3 is 2.47 bits per heavy atom. The zero-order valence-electron chi connectivity index (χ0n) is 10.3. The second-order valence-electron chi connectivity index (χ2n) is 4.11. The average Bonchev–Trinajstić information content (AvgIpc) is 2.41. The van der Waals surface area contributed by atoms with Crippen LogP contribution in [0.2, 0.25) is 0 Å². The highest BCUT2D eigenvalue weighted by molar-refractivity contribution is 7.96. The Morgan fingerprint density at radius 2 is 1.82 bits per heavy atom. The van der Waals surface area contributed by atoms with E-state index in [-0.39, 0.29) is 0 Å². The van der Waals surface area contributed by atoms with E-state index in [1.54, 1.807) is 0 Å². The summed E-state index contributed by atoms with van der Waals surface area (Å²) in [7, 11) is 0. The van der Waals surface area contributed by atoms with Gasteiger partial charge in [0.1, 0.15) is 12.4 Å². The minimum Gasteiger partial charge on any atom is -0.492 e. The summed E-state index contributed by atoms with van der Waals surface area (Å²) in [6.07, 6.45) is 2.15. The number of ether oxygens (including phenoxy) is 1. The predicted molar refractivity (Wildman–Crippen MR) is 73.5 cm³/mol. The molecule has 94 valence electrons. The smallest absolute Gasteiger partial charge is 0.119 e. The molecule has 0 radical (unpaired) electrons. The molecule has 0 aromatic heterocycles. The lowest BCUT2D eigenvalue weighted by Crippen LogP contribution is -2.44. The van der Waals surface area contributed by atoms with Crippen molar-refractivity contribution < 1.29 is 4.74 Å². The molecule has 0 atom stereocenters. The number of piperazine rings is 1. The van der Waals surface area contributed by atoms with Gasteiger partial charge in [0.05, 0.1) is 0 Å². The van der Waals surface area contributed by atoms with Crippen molar-refractivity contribution >= 4 is 11.9 Å². The Kier molecular flexibility index (Phi) is 5.16. The van der Waals surface area contributed by atoms with E-state index in [1.807, 2.05) is 42.3 Å². The SMILES string of the molecule is CSN1CCN(CCOc2ccccc2)CC1. The van der Waals surface area contributed by atoms with Crippen molar-refractivity contribution in [3.63, 3.8) is 0 Å². The standard InChI is InChI=1S/C13H20N2OS/c1-17-15-9-7-14(8-10-15)11-12-16-13-5-3-2-4-6-13/h2-6H,7-12H2,1H3. The highest BCUT2D eigenvalue weighted by Gasteiger charge is 2.15. The van der Waals surface area contributed by atoms with Crippen molar-refractivity contribution in [2.75, 3.05) is 45.6 Å². The maximum atomic E-state index is 5.70. The van der Waals surface area contributed by atoms with Crippen LogP contribution in [0.5, 0.6) is 5.75 Å². The first kappa shape index (κ1) is 12.7. The van der Waals surface area contributed by atoms with Crippen LogP contribution in [0.15, 0.2) is 30.3 Å². The van der Waals surface area contributed by atoms with Crippen LogP contribution < -0.4 is 4.74 Å². The monoisotopic (exact) mass is 252 g/mol. The van der Waals surface area contributed by atoms with Crippen LogP contribution in [0.25, 0.3) is 0 Å². The first-order chi connectivity index (χ1) is 8.38. The van der Waals surface area contributed by atoms with E-state index in [0.29, 0.717) is 0 Å². The molecule has 1 aromatic rings. The molecule has 1 aromatic carbocycles. The molecule has 17 heavy (non-hydrogen) atoms. The molecule has 0 aliphatic carbocycles. The first-order valence-corrected chi connectivity index (χ1v) is 7.26. The van der Waals surface area contributed by atoms with Gasteiger partial charge in [-0.25, -0.2) is 4.31 Å². The minimum atomic E-state index is 0.781. The molecule has 1 aliphatic rings. The molecule has 3 nitrogen and oxygen atoms in total. The van der Waals surface area contributed by atoms with Gasteiger partial charge >= 0.3 is 0 Å². The third kappa shape index (κ3) is 4.22. The van der Waals surface area contributed by atoms with Crippen molar-refractivity contribution in [1.29, 1.82) is 0 Å². The van der Waals surface area contributed by atoms with Crippen molar-refractivity contribution in [2.24, 2.45) is 0 Å². The van der Waals surface area contributed by atoms with E-state index >= 15 is 0 Å². The summed E-state index contributed by atoms with van der Waals surface area (Å²) in [5.41, 5.74) is 0. The van der Waals surface area contributed by atoms with Crippen LogP contribution in [0.4, 0.5) is 0 Å². The number of para-hydroxylation sites is 1. The molecule has 0 spiro atoms.